The largest absolute Gasteiger partial charge is 0.495 e. The lowest BCUT2D eigenvalue weighted by atomic mass is 10.1. The number of nitrogens with one attached hydrogen (secondary N) is 3. The Kier molecular flexibility index (Phi) is 11.4. The molecule has 0 fully saturated rings. The molecule has 3 N–H and O–H groups in total. The summed E-state index contributed by atoms with van der Waals surface area (Å²) in [7, 11) is 3.21. The van der Waals surface area contributed by atoms with E-state index in [2.05, 4.69) is 20.6 Å². The third-order valence-corrected chi connectivity index (χ3v) is 7.12. The molecule has 3 aromatic carbocycles. The number of ether oxygens (including phenoxy) is 3. The van der Waals surface area contributed by atoms with Crippen molar-refractivity contribution in [2.24, 2.45) is 0 Å². The molecule has 0 aliphatic carbocycles. The second-order valence-corrected chi connectivity index (χ2v) is 11.9. The molecule has 1 heterocycles. The van der Waals surface area contributed by atoms with Crippen LogP contribution >= 0.6 is 0 Å². The number of carbonyl (C=O) groups is 3. The molecule has 0 aliphatic heterocycles. The number of imidazole rings is 1. The van der Waals surface area contributed by atoms with Crippen LogP contribution in [0.1, 0.15) is 72.1 Å². The van der Waals surface area contributed by atoms with E-state index < -0.39 is 11.7 Å². The average molecular weight is 630 g/mol. The van der Waals surface area contributed by atoms with Gasteiger partial charge < -0.3 is 34.7 Å². The number of methoxy groups -OCH3 is 1. The highest BCUT2D eigenvalue weighted by atomic mass is 16.6. The Morgan fingerprint density at radius 2 is 1.76 bits per heavy atom. The van der Waals surface area contributed by atoms with E-state index in [4.69, 9.17) is 14.2 Å². The molecule has 4 rings (SSSR count). The number of alkyl carbamates (subject to hydrolysis) is 1. The number of aryl methyl sites for hydroxylation is 1. The first-order chi connectivity index (χ1) is 22.0. The summed E-state index contributed by atoms with van der Waals surface area (Å²) < 4.78 is 16.7. The number of rotatable bonds is 13. The molecule has 11 nitrogen and oxygen atoms in total. The summed E-state index contributed by atoms with van der Waals surface area (Å²) in [4.78, 5) is 47.6. The number of unbranched alkanes of at least 4 members (excludes halogenated alkanes) is 2. The number of para-hydroxylation sites is 2. The molecule has 0 unspecified atom stereocenters. The van der Waals surface area contributed by atoms with E-state index in [0.717, 1.165) is 41.9 Å². The molecule has 0 aliphatic rings. The van der Waals surface area contributed by atoms with Gasteiger partial charge >= 0.3 is 6.09 Å². The van der Waals surface area contributed by atoms with Crippen molar-refractivity contribution in [3.05, 3.63) is 83.2 Å². The maximum Gasteiger partial charge on any atom is 0.407 e. The fraction of sp³-hybridized carbons (Fsp3) is 0.371. The predicted octanol–water partition coefficient (Wildman–Crippen LogP) is 6.62. The van der Waals surface area contributed by atoms with Crippen molar-refractivity contribution in [1.29, 1.82) is 0 Å². The first-order valence-electron chi connectivity index (χ1n) is 15.3. The summed E-state index contributed by atoms with van der Waals surface area (Å²) >= 11 is 0. The Morgan fingerprint density at radius 3 is 2.52 bits per heavy atom. The number of benzene rings is 3. The number of aromatic amines is 1. The predicted molar refractivity (Wildman–Crippen MR) is 179 cm³/mol. The topological polar surface area (TPSA) is 135 Å². The van der Waals surface area contributed by atoms with Crippen molar-refractivity contribution in [3.63, 3.8) is 0 Å². The Hall–Kier alpha value is -4.90. The van der Waals surface area contributed by atoms with Gasteiger partial charge in [-0.1, -0.05) is 24.3 Å². The number of amides is 3. The van der Waals surface area contributed by atoms with Crippen molar-refractivity contribution < 1.29 is 28.6 Å². The molecule has 11 heteroatoms. The minimum atomic E-state index is -0.513. The lowest BCUT2D eigenvalue weighted by molar-refractivity contribution is 0.0526. The summed E-state index contributed by atoms with van der Waals surface area (Å²) in [5.41, 5.74) is 3.72. The second-order valence-electron chi connectivity index (χ2n) is 11.9. The monoisotopic (exact) mass is 629 g/mol. The van der Waals surface area contributed by atoms with Crippen LogP contribution in [-0.2, 0) is 16.1 Å². The molecule has 0 bridgehead atoms. The molecule has 46 heavy (non-hydrogen) atoms. The number of hydrogen-bond acceptors (Lipinski definition) is 7. The summed E-state index contributed by atoms with van der Waals surface area (Å²) in [5.74, 6) is 0.501. The highest BCUT2D eigenvalue weighted by molar-refractivity contribution is 6.12. The quantitative estimate of drug-likeness (QED) is 0.142. The maximum absolute atomic E-state index is 13.6. The van der Waals surface area contributed by atoms with Crippen molar-refractivity contribution in [2.75, 3.05) is 37.5 Å². The number of nitrogens with zero attached hydrogens (tertiary/aromatic N) is 2. The Bertz CT molecular complexity index is 1680. The molecule has 0 radical (unpaired) electrons. The number of fused-ring (bicyclic) bond motifs is 1. The van der Waals surface area contributed by atoms with Crippen molar-refractivity contribution in [3.8, 4) is 5.75 Å². The standard InChI is InChI=1S/C35H43N5O6/c1-23-37-28-15-12-14-26(31(28)38-23)32(41)39-27-18-17-24(21-30(27)44-6)33(42)40(5)29-16-9-8-13-25(29)22-45-20-11-7-10-19-36-34(43)46-35(2,3)4/h8-9,12-18,21H,7,10-11,19-20,22H2,1-6H3,(H,36,43)(H,37,38)(H,39,41). The maximum atomic E-state index is 13.6. The van der Waals surface area contributed by atoms with E-state index in [1.807, 2.05) is 58.0 Å². The molecule has 0 saturated heterocycles. The number of anilines is 2. The van der Waals surface area contributed by atoms with Gasteiger partial charge in [-0.15, -0.1) is 0 Å². The van der Waals surface area contributed by atoms with Gasteiger partial charge in [0.05, 0.1) is 30.5 Å². The Balaban J connectivity index is 1.32. The van der Waals surface area contributed by atoms with E-state index in [1.165, 1.54) is 7.11 Å². The van der Waals surface area contributed by atoms with Crippen LogP contribution in [0.4, 0.5) is 16.2 Å². The third-order valence-electron chi connectivity index (χ3n) is 7.12. The van der Waals surface area contributed by atoms with Crippen LogP contribution in [0.3, 0.4) is 0 Å². The van der Waals surface area contributed by atoms with Crippen LogP contribution in [0.5, 0.6) is 5.75 Å². The van der Waals surface area contributed by atoms with Gasteiger partial charge in [0.1, 0.15) is 22.7 Å². The summed E-state index contributed by atoms with van der Waals surface area (Å²) in [6, 6.07) is 17.9. The highest BCUT2D eigenvalue weighted by Gasteiger charge is 2.20. The zero-order valence-corrected chi connectivity index (χ0v) is 27.4. The molecule has 4 aromatic rings. The van der Waals surface area contributed by atoms with Crippen LogP contribution in [-0.4, -0.2) is 60.8 Å². The molecular weight excluding hydrogens is 586 g/mol. The van der Waals surface area contributed by atoms with Gasteiger partial charge in [0.15, 0.2) is 0 Å². The zero-order chi connectivity index (χ0) is 33.3. The van der Waals surface area contributed by atoms with Crippen LogP contribution in [0, 0.1) is 6.92 Å². The minimum absolute atomic E-state index is 0.238. The number of H-pyrrole nitrogens is 1. The lowest BCUT2D eigenvalue weighted by Crippen LogP contribution is -2.33. The molecule has 3 amide bonds. The van der Waals surface area contributed by atoms with Gasteiger partial charge in [-0.2, -0.15) is 0 Å². The molecule has 0 saturated carbocycles. The van der Waals surface area contributed by atoms with Gasteiger partial charge in [-0.3, -0.25) is 9.59 Å². The average Bonchev–Trinajstić information content (AvgIpc) is 3.41. The minimum Gasteiger partial charge on any atom is -0.495 e. The van der Waals surface area contributed by atoms with Gasteiger partial charge in [0.2, 0.25) is 0 Å². The Labute approximate surface area is 269 Å². The SMILES string of the molecule is COc1cc(C(=O)N(C)c2ccccc2COCCCCCNC(=O)OC(C)(C)C)ccc1NC(=O)c1cccc2[nH]c(C)nc12. The molecule has 0 atom stereocenters. The van der Waals surface area contributed by atoms with Gasteiger partial charge in [0.25, 0.3) is 11.8 Å². The molecule has 244 valence electrons. The molecule has 0 spiro atoms. The molecular formula is C35H43N5O6. The van der Waals surface area contributed by atoms with Crippen molar-refractivity contribution in [1.82, 2.24) is 15.3 Å². The van der Waals surface area contributed by atoms with Crippen LogP contribution in [0.15, 0.2) is 60.7 Å². The fourth-order valence-electron chi connectivity index (χ4n) is 4.91. The number of aromatic nitrogens is 2. The fourth-order valence-corrected chi connectivity index (χ4v) is 4.91. The first kappa shape index (κ1) is 34.0. The van der Waals surface area contributed by atoms with Gasteiger partial charge in [-0.25, -0.2) is 9.78 Å². The van der Waals surface area contributed by atoms with E-state index in [9.17, 15) is 14.4 Å². The third kappa shape index (κ3) is 9.07. The van der Waals surface area contributed by atoms with Crippen molar-refractivity contribution in [2.45, 2.75) is 59.2 Å². The summed E-state index contributed by atoms with van der Waals surface area (Å²) in [6.45, 7) is 8.78. The van der Waals surface area contributed by atoms with E-state index in [1.54, 1.807) is 42.3 Å². The summed E-state index contributed by atoms with van der Waals surface area (Å²) in [6.07, 6.45) is 2.15. The number of carbonyl (C=O) groups excluding carboxylic acids is 3. The van der Waals surface area contributed by atoms with E-state index in [0.29, 0.717) is 47.8 Å². The van der Waals surface area contributed by atoms with Crippen molar-refractivity contribution >= 4 is 40.3 Å². The zero-order valence-electron chi connectivity index (χ0n) is 27.4. The Morgan fingerprint density at radius 1 is 0.978 bits per heavy atom. The van der Waals surface area contributed by atoms with E-state index in [-0.39, 0.29) is 11.8 Å². The van der Waals surface area contributed by atoms with Crippen LogP contribution < -0.4 is 20.3 Å². The van der Waals surface area contributed by atoms with E-state index >= 15 is 0 Å². The first-order valence-corrected chi connectivity index (χ1v) is 15.3. The summed E-state index contributed by atoms with van der Waals surface area (Å²) in [5, 5.41) is 5.65. The second kappa shape index (κ2) is 15.4. The van der Waals surface area contributed by atoms with Gasteiger partial charge in [0, 0.05) is 37.0 Å². The highest BCUT2D eigenvalue weighted by Crippen LogP contribution is 2.29. The normalized spacial score (nSPS) is 11.3. The van der Waals surface area contributed by atoms with Crippen LogP contribution in [0.25, 0.3) is 11.0 Å². The number of hydrogen-bond donors (Lipinski definition) is 3. The van der Waals surface area contributed by atoms with Gasteiger partial charge in [-0.05, 0) is 83.4 Å². The smallest absolute Gasteiger partial charge is 0.407 e. The molecule has 1 aromatic heterocycles. The van der Waals surface area contributed by atoms with Crippen LogP contribution in [0.2, 0.25) is 0 Å². The lowest BCUT2D eigenvalue weighted by Gasteiger charge is -2.21.